The van der Waals surface area contributed by atoms with Gasteiger partial charge in [-0.1, -0.05) is 0 Å². The Bertz CT molecular complexity index is 98.6. The van der Waals surface area contributed by atoms with Gasteiger partial charge in [0.1, 0.15) is 6.17 Å². The van der Waals surface area contributed by atoms with Crippen LogP contribution in [-0.2, 0) is 0 Å². The van der Waals surface area contributed by atoms with Gasteiger partial charge in [0.2, 0.25) is 0 Å². The lowest BCUT2D eigenvalue weighted by Gasteiger charge is -2.11. The van der Waals surface area contributed by atoms with E-state index in [9.17, 15) is 4.39 Å². The highest BCUT2D eigenvalue weighted by Gasteiger charge is 2.39. The summed E-state index contributed by atoms with van der Waals surface area (Å²) in [5.74, 6) is 1.25. The van der Waals surface area contributed by atoms with Crippen molar-refractivity contribution < 1.29 is 4.39 Å². The van der Waals surface area contributed by atoms with Crippen molar-refractivity contribution in [3.05, 3.63) is 0 Å². The highest BCUT2D eigenvalue weighted by molar-refractivity contribution is 4.89. The summed E-state index contributed by atoms with van der Waals surface area (Å²) in [7, 11) is 0. The minimum atomic E-state index is -0.422. The van der Waals surface area contributed by atoms with Crippen LogP contribution in [0.5, 0.6) is 0 Å². The van der Waals surface area contributed by atoms with E-state index in [-0.39, 0.29) is 0 Å². The molecule has 0 heterocycles. The van der Waals surface area contributed by atoms with Crippen LogP contribution in [0.3, 0.4) is 0 Å². The van der Waals surface area contributed by atoms with Gasteiger partial charge in [0.15, 0.2) is 0 Å². The predicted octanol–water partition coefficient (Wildman–Crippen LogP) is 2.14. The molecule has 0 aliphatic heterocycles. The van der Waals surface area contributed by atoms with E-state index in [1.54, 1.807) is 0 Å². The minimum absolute atomic E-state index is 0.422. The normalized spacial score (nSPS) is 52.9. The van der Waals surface area contributed by atoms with Crippen molar-refractivity contribution in [3.8, 4) is 0 Å². The molecule has 3 atom stereocenters. The Hall–Kier alpha value is -0.0700. The molecule has 0 radical (unpaired) electrons. The Morgan fingerprint density at radius 3 is 2.25 bits per heavy atom. The average Bonchev–Trinajstić information content (AvgIpc) is 2.23. The first-order valence-corrected chi connectivity index (χ1v) is 3.50. The third-order valence-corrected chi connectivity index (χ3v) is 2.65. The number of alkyl halides is 1. The molecule has 2 rings (SSSR count). The van der Waals surface area contributed by atoms with Crippen molar-refractivity contribution in [2.24, 2.45) is 11.8 Å². The van der Waals surface area contributed by atoms with Crippen LogP contribution < -0.4 is 0 Å². The number of rotatable bonds is 0. The molecule has 0 amide bonds. The molecule has 2 fully saturated rings. The van der Waals surface area contributed by atoms with E-state index in [4.69, 9.17) is 0 Å². The SMILES string of the molecule is F[C@@H]1C[C@H]2CC[C@H]1C2. The quantitative estimate of drug-likeness (QED) is 0.452. The first kappa shape index (κ1) is 4.78. The first-order chi connectivity index (χ1) is 3.86. The molecule has 1 heteroatoms. The number of hydrogen-bond donors (Lipinski definition) is 0. The van der Waals surface area contributed by atoms with Gasteiger partial charge in [-0.3, -0.25) is 0 Å². The summed E-state index contributed by atoms with van der Waals surface area (Å²) < 4.78 is 12.6. The van der Waals surface area contributed by atoms with Gasteiger partial charge in [-0.25, -0.2) is 4.39 Å². The summed E-state index contributed by atoms with van der Waals surface area (Å²) in [6.07, 6.45) is 4.14. The summed E-state index contributed by atoms with van der Waals surface area (Å²) in [5.41, 5.74) is 0. The second kappa shape index (κ2) is 1.46. The number of fused-ring (bicyclic) bond motifs is 2. The summed E-state index contributed by atoms with van der Waals surface area (Å²) in [5, 5.41) is 0. The zero-order valence-corrected chi connectivity index (χ0v) is 4.94. The van der Waals surface area contributed by atoms with Crippen LogP contribution in [0.25, 0.3) is 0 Å². The second-order valence-corrected chi connectivity index (χ2v) is 3.19. The topological polar surface area (TPSA) is 0 Å². The average molecular weight is 114 g/mol. The molecule has 2 aliphatic carbocycles. The Morgan fingerprint density at radius 1 is 1.12 bits per heavy atom. The van der Waals surface area contributed by atoms with Gasteiger partial charge in [0.25, 0.3) is 0 Å². The van der Waals surface area contributed by atoms with E-state index in [0.29, 0.717) is 5.92 Å². The van der Waals surface area contributed by atoms with Gasteiger partial charge in [0, 0.05) is 0 Å². The smallest absolute Gasteiger partial charge is 0.103 e. The monoisotopic (exact) mass is 114 g/mol. The Balaban J connectivity index is 2.11. The van der Waals surface area contributed by atoms with Crippen LogP contribution >= 0.6 is 0 Å². The van der Waals surface area contributed by atoms with Crippen molar-refractivity contribution in [2.75, 3.05) is 0 Å². The van der Waals surface area contributed by atoms with Gasteiger partial charge in [0.05, 0.1) is 0 Å². The molecule has 0 aromatic rings. The van der Waals surface area contributed by atoms with Gasteiger partial charge in [-0.15, -0.1) is 0 Å². The fourth-order valence-corrected chi connectivity index (χ4v) is 2.17. The Morgan fingerprint density at radius 2 is 2.00 bits per heavy atom. The molecule has 0 N–H and O–H groups in total. The van der Waals surface area contributed by atoms with E-state index >= 15 is 0 Å². The highest BCUT2D eigenvalue weighted by atomic mass is 19.1. The van der Waals surface area contributed by atoms with Crippen LogP contribution in [0.2, 0.25) is 0 Å². The maximum absolute atomic E-state index is 12.6. The van der Waals surface area contributed by atoms with E-state index < -0.39 is 6.17 Å². The van der Waals surface area contributed by atoms with Gasteiger partial charge >= 0.3 is 0 Å². The molecule has 0 nitrogen and oxygen atoms in total. The minimum Gasteiger partial charge on any atom is -0.247 e. The molecule has 2 aliphatic rings. The maximum atomic E-state index is 12.6. The molecule has 0 unspecified atom stereocenters. The fourth-order valence-electron chi connectivity index (χ4n) is 2.17. The van der Waals surface area contributed by atoms with E-state index in [1.165, 1.54) is 19.3 Å². The van der Waals surface area contributed by atoms with Crippen molar-refractivity contribution in [3.63, 3.8) is 0 Å². The molecule has 46 valence electrons. The predicted molar refractivity (Wildman–Crippen MR) is 30.3 cm³/mol. The van der Waals surface area contributed by atoms with Crippen molar-refractivity contribution in [1.82, 2.24) is 0 Å². The van der Waals surface area contributed by atoms with Crippen molar-refractivity contribution >= 4 is 0 Å². The lowest BCUT2D eigenvalue weighted by molar-refractivity contribution is 0.231. The standard InChI is InChI=1S/C7H11F/c8-7-4-5-1-2-6(7)3-5/h5-7H,1-4H2/t5-,6-,7+/m0/s1. The fraction of sp³-hybridized carbons (Fsp3) is 1.00. The highest BCUT2D eigenvalue weighted by Crippen LogP contribution is 2.45. The zero-order chi connectivity index (χ0) is 5.56. The lowest BCUT2D eigenvalue weighted by atomic mass is 9.99. The first-order valence-electron chi connectivity index (χ1n) is 3.50. The second-order valence-electron chi connectivity index (χ2n) is 3.19. The Labute approximate surface area is 49.1 Å². The summed E-state index contributed by atoms with van der Waals surface area (Å²) in [6.45, 7) is 0. The number of hydrogen-bond acceptors (Lipinski definition) is 0. The Kier molecular flexibility index (Phi) is 0.870. The third-order valence-electron chi connectivity index (χ3n) is 2.65. The molecular formula is C7H11F. The van der Waals surface area contributed by atoms with Crippen LogP contribution in [0, 0.1) is 11.8 Å². The van der Waals surface area contributed by atoms with Gasteiger partial charge < -0.3 is 0 Å². The largest absolute Gasteiger partial charge is 0.247 e. The molecule has 0 aromatic carbocycles. The van der Waals surface area contributed by atoms with Crippen LogP contribution in [0.15, 0.2) is 0 Å². The van der Waals surface area contributed by atoms with Gasteiger partial charge in [-0.05, 0) is 37.5 Å². The van der Waals surface area contributed by atoms with Crippen LogP contribution in [-0.4, -0.2) is 6.17 Å². The van der Waals surface area contributed by atoms with Crippen LogP contribution in [0.1, 0.15) is 25.7 Å². The molecule has 0 saturated heterocycles. The van der Waals surface area contributed by atoms with E-state index in [2.05, 4.69) is 0 Å². The van der Waals surface area contributed by atoms with Crippen molar-refractivity contribution in [2.45, 2.75) is 31.9 Å². The van der Waals surface area contributed by atoms with Crippen LogP contribution in [0.4, 0.5) is 4.39 Å². The molecule has 2 bridgehead atoms. The van der Waals surface area contributed by atoms with Crippen molar-refractivity contribution in [1.29, 1.82) is 0 Å². The third kappa shape index (κ3) is 0.503. The lowest BCUT2D eigenvalue weighted by Crippen LogP contribution is -2.09. The molecular weight excluding hydrogens is 103 g/mol. The molecule has 0 spiro atoms. The van der Waals surface area contributed by atoms with E-state index in [0.717, 1.165) is 12.3 Å². The van der Waals surface area contributed by atoms with E-state index in [1.807, 2.05) is 0 Å². The zero-order valence-electron chi connectivity index (χ0n) is 4.94. The summed E-state index contributed by atoms with van der Waals surface area (Å²) >= 11 is 0. The number of halogens is 1. The summed E-state index contributed by atoms with van der Waals surface area (Å²) in [4.78, 5) is 0. The molecule has 8 heavy (non-hydrogen) atoms. The van der Waals surface area contributed by atoms with Gasteiger partial charge in [-0.2, -0.15) is 0 Å². The molecule has 0 aromatic heterocycles. The summed E-state index contributed by atoms with van der Waals surface area (Å²) in [6, 6.07) is 0. The molecule has 2 saturated carbocycles. The maximum Gasteiger partial charge on any atom is 0.103 e.